The monoisotopic (exact) mass is 578 g/mol. The molecule has 1 unspecified atom stereocenters. The van der Waals surface area contributed by atoms with Gasteiger partial charge < -0.3 is 5.32 Å². The molecule has 0 radical (unpaired) electrons. The van der Waals surface area contributed by atoms with Crippen LogP contribution in [0.2, 0.25) is 0 Å². The van der Waals surface area contributed by atoms with Gasteiger partial charge in [0.15, 0.2) is 0 Å². The summed E-state index contributed by atoms with van der Waals surface area (Å²) in [5, 5.41) is 16.2. The Morgan fingerprint density at radius 2 is 1.81 bits per heavy atom. The first-order chi connectivity index (χ1) is 20.9. The highest BCUT2D eigenvalue weighted by Crippen LogP contribution is 2.46. The van der Waals surface area contributed by atoms with Crippen molar-refractivity contribution in [3.63, 3.8) is 0 Å². The van der Waals surface area contributed by atoms with Crippen LogP contribution in [-0.2, 0) is 16.6 Å². The molecular weight excluding hydrogens is 548 g/mol. The van der Waals surface area contributed by atoms with E-state index < -0.39 is 29.7 Å². The summed E-state index contributed by atoms with van der Waals surface area (Å²) in [6.07, 6.45) is 10.4. The molecular formula is C31H30N8O4. The van der Waals surface area contributed by atoms with Gasteiger partial charge >= 0.3 is 0 Å². The van der Waals surface area contributed by atoms with Gasteiger partial charge in [-0.25, -0.2) is 0 Å². The van der Waals surface area contributed by atoms with E-state index in [1.165, 1.54) is 0 Å². The molecule has 12 heteroatoms. The first-order valence-corrected chi connectivity index (χ1v) is 14.8. The number of fused-ring (bicyclic) bond motifs is 2. The highest BCUT2D eigenvalue weighted by molar-refractivity contribution is 6.23. The molecule has 12 nitrogen and oxygen atoms in total. The Morgan fingerprint density at radius 1 is 1.00 bits per heavy atom. The number of hydrogen-bond acceptors (Lipinski definition) is 8. The molecule has 4 amide bonds. The minimum atomic E-state index is -0.968. The summed E-state index contributed by atoms with van der Waals surface area (Å²) in [5.74, 6) is -1.08. The third kappa shape index (κ3) is 4.23. The van der Waals surface area contributed by atoms with E-state index in [2.05, 4.69) is 26.6 Å². The number of imide groups is 2. The van der Waals surface area contributed by atoms with E-state index in [0.717, 1.165) is 70.7 Å². The van der Waals surface area contributed by atoms with E-state index in [9.17, 15) is 19.2 Å². The SMILES string of the molecule is Cn1ncc2ccnc(-c3cn(C4CC(CNc5ccc6c(c5)C(=O)N(C5CCC(=O)NC5=O)C6=O)C4)nc3C3CC3)c21. The molecule has 1 saturated heterocycles. The lowest BCUT2D eigenvalue weighted by Gasteiger charge is -2.35. The van der Waals surface area contributed by atoms with E-state index in [1.807, 2.05) is 30.2 Å². The van der Waals surface area contributed by atoms with Gasteiger partial charge in [0.2, 0.25) is 11.8 Å². The van der Waals surface area contributed by atoms with E-state index in [0.29, 0.717) is 17.9 Å². The second-order valence-electron chi connectivity index (χ2n) is 12.1. The number of piperidine rings is 1. The standard InChI is InChI=1S/C31H30N8O4/c1-37-28-18(14-34-37)8-9-32-27(28)23-15-38(36-26(23)17-2-3-17)20-10-16(11-20)13-33-19-4-5-21-22(12-19)31(43)39(30(21)42)24-6-7-25(40)35-29(24)41/h4-5,8-9,12,14-17,20,24,33H,2-3,6-7,10-11,13H2,1H3,(H,35,40,41). The van der Waals surface area contributed by atoms with Gasteiger partial charge in [0.1, 0.15) is 6.04 Å². The number of amides is 4. The lowest BCUT2D eigenvalue weighted by atomic mass is 9.80. The van der Waals surface area contributed by atoms with Crippen LogP contribution in [-0.4, -0.2) is 65.7 Å². The Labute approximate surface area is 246 Å². The topological polar surface area (TPSA) is 144 Å². The highest BCUT2D eigenvalue weighted by atomic mass is 16.2. The molecule has 2 saturated carbocycles. The summed E-state index contributed by atoms with van der Waals surface area (Å²) in [6.45, 7) is 0.730. The number of aryl methyl sites for hydroxylation is 1. The molecule has 2 aliphatic carbocycles. The number of hydrogen-bond donors (Lipinski definition) is 2. The van der Waals surface area contributed by atoms with Crippen LogP contribution in [0.5, 0.6) is 0 Å². The van der Waals surface area contributed by atoms with Gasteiger partial charge in [-0.3, -0.25) is 43.7 Å². The Morgan fingerprint density at radius 3 is 2.60 bits per heavy atom. The zero-order valence-corrected chi connectivity index (χ0v) is 23.6. The van der Waals surface area contributed by atoms with Crippen molar-refractivity contribution in [2.45, 2.75) is 56.5 Å². The van der Waals surface area contributed by atoms with Gasteiger partial charge in [-0.1, -0.05) is 0 Å². The van der Waals surface area contributed by atoms with Crippen molar-refractivity contribution in [2.75, 3.05) is 11.9 Å². The number of nitrogens with one attached hydrogen (secondary N) is 2. The number of nitrogens with zero attached hydrogens (tertiary/aromatic N) is 6. The van der Waals surface area contributed by atoms with E-state index >= 15 is 0 Å². The first-order valence-electron chi connectivity index (χ1n) is 14.8. The third-order valence-corrected chi connectivity index (χ3v) is 9.25. The van der Waals surface area contributed by atoms with Crippen LogP contribution in [0, 0.1) is 5.92 Å². The number of anilines is 1. The molecule has 218 valence electrons. The number of pyridine rings is 1. The molecule has 2 aliphatic heterocycles. The van der Waals surface area contributed by atoms with Gasteiger partial charge in [-0.05, 0) is 62.3 Å². The predicted octanol–water partition coefficient (Wildman–Crippen LogP) is 3.17. The van der Waals surface area contributed by atoms with Crippen LogP contribution >= 0.6 is 0 Å². The largest absolute Gasteiger partial charge is 0.385 e. The van der Waals surface area contributed by atoms with Gasteiger partial charge in [-0.2, -0.15) is 10.2 Å². The summed E-state index contributed by atoms with van der Waals surface area (Å²) in [6, 6.07) is 6.44. The minimum absolute atomic E-state index is 0.0954. The molecule has 3 aromatic heterocycles. The van der Waals surface area contributed by atoms with E-state index in [4.69, 9.17) is 10.1 Å². The van der Waals surface area contributed by atoms with Crippen molar-refractivity contribution in [1.82, 2.24) is 34.8 Å². The Kier molecular flexibility index (Phi) is 5.75. The fourth-order valence-electron chi connectivity index (χ4n) is 6.68. The molecule has 4 aromatic rings. The molecule has 1 aromatic carbocycles. The molecule has 3 fully saturated rings. The Hall–Kier alpha value is -4.87. The van der Waals surface area contributed by atoms with Crippen molar-refractivity contribution < 1.29 is 19.2 Å². The molecule has 0 bridgehead atoms. The second kappa shape index (κ2) is 9.58. The quantitative estimate of drug-likeness (QED) is 0.318. The van der Waals surface area contributed by atoms with E-state index in [1.54, 1.807) is 18.2 Å². The van der Waals surface area contributed by atoms with Crippen LogP contribution in [0.25, 0.3) is 22.2 Å². The van der Waals surface area contributed by atoms with Crippen LogP contribution in [0.1, 0.15) is 76.9 Å². The summed E-state index contributed by atoms with van der Waals surface area (Å²) in [7, 11) is 1.95. The van der Waals surface area contributed by atoms with Crippen molar-refractivity contribution >= 4 is 40.2 Å². The van der Waals surface area contributed by atoms with Crippen molar-refractivity contribution in [3.8, 4) is 11.3 Å². The summed E-state index contributed by atoms with van der Waals surface area (Å²) < 4.78 is 4.01. The highest BCUT2D eigenvalue weighted by Gasteiger charge is 2.44. The summed E-state index contributed by atoms with van der Waals surface area (Å²) >= 11 is 0. The number of rotatable bonds is 7. The molecule has 5 heterocycles. The van der Waals surface area contributed by atoms with Crippen molar-refractivity contribution in [1.29, 1.82) is 0 Å². The summed E-state index contributed by atoms with van der Waals surface area (Å²) in [4.78, 5) is 55.7. The van der Waals surface area contributed by atoms with Gasteiger partial charge in [0.25, 0.3) is 11.8 Å². The lowest BCUT2D eigenvalue weighted by molar-refractivity contribution is -0.136. The molecule has 4 aliphatic rings. The summed E-state index contributed by atoms with van der Waals surface area (Å²) in [5.41, 5.74) is 5.49. The number of aromatic nitrogens is 5. The zero-order valence-electron chi connectivity index (χ0n) is 23.6. The van der Waals surface area contributed by atoms with Crippen LogP contribution < -0.4 is 10.6 Å². The Balaban J connectivity index is 0.937. The molecule has 1 atom stereocenters. The van der Waals surface area contributed by atoms with Gasteiger partial charge in [-0.15, -0.1) is 0 Å². The van der Waals surface area contributed by atoms with Crippen LogP contribution in [0.3, 0.4) is 0 Å². The minimum Gasteiger partial charge on any atom is -0.385 e. The molecule has 2 N–H and O–H groups in total. The van der Waals surface area contributed by atoms with E-state index in [-0.39, 0.29) is 24.0 Å². The molecule has 43 heavy (non-hydrogen) atoms. The number of carbonyl (C=O) groups excluding carboxylic acids is 4. The fraction of sp³-hybridized carbons (Fsp3) is 0.387. The third-order valence-electron chi connectivity index (χ3n) is 9.25. The molecule has 0 spiro atoms. The van der Waals surface area contributed by atoms with Crippen molar-refractivity contribution in [3.05, 3.63) is 59.7 Å². The van der Waals surface area contributed by atoms with Gasteiger partial charge in [0, 0.05) is 55.0 Å². The number of benzene rings is 1. The Bertz CT molecular complexity index is 1850. The average molecular weight is 579 g/mol. The predicted molar refractivity (Wildman–Crippen MR) is 155 cm³/mol. The lowest BCUT2D eigenvalue weighted by Crippen LogP contribution is -2.54. The smallest absolute Gasteiger partial charge is 0.262 e. The molecule has 8 rings (SSSR count). The van der Waals surface area contributed by atoms with Crippen LogP contribution in [0.15, 0.2) is 42.9 Å². The maximum absolute atomic E-state index is 13.1. The maximum Gasteiger partial charge on any atom is 0.262 e. The number of carbonyl (C=O) groups is 4. The normalized spacial score (nSPS) is 23.5. The average Bonchev–Trinajstić information content (AvgIpc) is 3.55. The van der Waals surface area contributed by atoms with Crippen LogP contribution in [0.4, 0.5) is 5.69 Å². The van der Waals surface area contributed by atoms with Crippen molar-refractivity contribution in [2.24, 2.45) is 13.0 Å². The van der Waals surface area contributed by atoms with Gasteiger partial charge in [0.05, 0.1) is 40.3 Å². The maximum atomic E-state index is 13.1. The fourth-order valence-corrected chi connectivity index (χ4v) is 6.68. The first kappa shape index (κ1) is 25.8. The second-order valence-corrected chi connectivity index (χ2v) is 12.1. The zero-order chi connectivity index (χ0) is 29.4.